The molecule has 2 atom stereocenters. The van der Waals surface area contributed by atoms with Crippen molar-refractivity contribution >= 4 is 0 Å². The lowest BCUT2D eigenvalue weighted by Crippen LogP contribution is -2.26. The van der Waals surface area contributed by atoms with Crippen molar-refractivity contribution in [2.75, 3.05) is 39.6 Å². The molecule has 5 heteroatoms. The number of rotatable bonds is 18. The van der Waals surface area contributed by atoms with Gasteiger partial charge in [0.2, 0.25) is 0 Å². The Kier molecular flexibility index (Phi) is 17.3. The highest BCUT2D eigenvalue weighted by atomic mass is 16.6. The number of unbranched alkanes of at least 4 members (excludes halogenated alkanes) is 1. The predicted octanol–water partition coefficient (Wildman–Crippen LogP) is 3.31. The largest absolute Gasteiger partial charge is 0.502 e. The SMILES string of the molecule is C=COCCCCOCCOCC(CCC)OCC(O)CCC. The summed E-state index contributed by atoms with van der Waals surface area (Å²) in [6.07, 6.45) is 6.84. The Bertz CT molecular complexity index is 248. The first-order valence-electron chi connectivity index (χ1n) is 8.92. The lowest BCUT2D eigenvalue weighted by Gasteiger charge is -2.19. The summed E-state index contributed by atoms with van der Waals surface area (Å²) in [6.45, 7) is 11.2. The van der Waals surface area contributed by atoms with Gasteiger partial charge in [-0.2, -0.15) is 0 Å². The summed E-state index contributed by atoms with van der Waals surface area (Å²) in [7, 11) is 0. The Hall–Kier alpha value is -0.620. The highest BCUT2D eigenvalue weighted by Crippen LogP contribution is 2.06. The van der Waals surface area contributed by atoms with Gasteiger partial charge < -0.3 is 24.1 Å². The fourth-order valence-corrected chi connectivity index (χ4v) is 2.11. The van der Waals surface area contributed by atoms with Gasteiger partial charge >= 0.3 is 0 Å². The third kappa shape index (κ3) is 16.0. The van der Waals surface area contributed by atoms with Crippen LogP contribution >= 0.6 is 0 Å². The van der Waals surface area contributed by atoms with Crippen LogP contribution in [0.1, 0.15) is 52.4 Å². The van der Waals surface area contributed by atoms with Crippen LogP contribution in [0.4, 0.5) is 0 Å². The molecule has 0 heterocycles. The number of hydrogen-bond acceptors (Lipinski definition) is 5. The van der Waals surface area contributed by atoms with Crippen LogP contribution < -0.4 is 0 Å². The van der Waals surface area contributed by atoms with E-state index in [2.05, 4.69) is 20.4 Å². The van der Waals surface area contributed by atoms with E-state index in [-0.39, 0.29) is 12.2 Å². The van der Waals surface area contributed by atoms with Crippen LogP contribution in [0.2, 0.25) is 0 Å². The molecule has 0 aliphatic heterocycles. The second kappa shape index (κ2) is 17.7. The van der Waals surface area contributed by atoms with E-state index in [1.54, 1.807) is 0 Å². The number of hydrogen-bond donors (Lipinski definition) is 1. The van der Waals surface area contributed by atoms with E-state index in [1.807, 2.05) is 0 Å². The third-order valence-electron chi connectivity index (χ3n) is 3.35. The second-order valence-corrected chi connectivity index (χ2v) is 5.62. The van der Waals surface area contributed by atoms with E-state index in [1.165, 1.54) is 6.26 Å². The number of aliphatic hydroxyl groups excluding tert-OH is 1. The van der Waals surface area contributed by atoms with Crippen LogP contribution in [0.25, 0.3) is 0 Å². The molecule has 0 radical (unpaired) electrons. The van der Waals surface area contributed by atoms with E-state index in [0.29, 0.717) is 33.0 Å². The smallest absolute Gasteiger partial charge is 0.0873 e. The van der Waals surface area contributed by atoms with E-state index in [0.717, 1.165) is 45.1 Å². The van der Waals surface area contributed by atoms with Crippen LogP contribution in [-0.4, -0.2) is 57.0 Å². The van der Waals surface area contributed by atoms with Crippen LogP contribution in [-0.2, 0) is 18.9 Å². The number of aliphatic hydroxyl groups is 1. The molecule has 0 aliphatic rings. The molecule has 1 N–H and O–H groups in total. The standard InChI is InChI=1S/C18H36O5/c1-4-9-17(19)15-23-18(10-5-2)16-22-14-13-21-12-8-7-11-20-6-3/h6,17-19H,3-5,7-16H2,1-2H3. The maximum absolute atomic E-state index is 9.71. The molecule has 0 saturated carbocycles. The molecular weight excluding hydrogens is 296 g/mol. The van der Waals surface area contributed by atoms with Gasteiger partial charge in [0.05, 0.1) is 51.5 Å². The van der Waals surface area contributed by atoms with Crippen molar-refractivity contribution in [1.29, 1.82) is 0 Å². The fraction of sp³-hybridized carbons (Fsp3) is 0.889. The van der Waals surface area contributed by atoms with Gasteiger partial charge in [0.1, 0.15) is 0 Å². The summed E-state index contributed by atoms with van der Waals surface area (Å²) in [5, 5.41) is 9.71. The van der Waals surface area contributed by atoms with E-state index < -0.39 is 0 Å². The maximum Gasteiger partial charge on any atom is 0.0873 e. The highest BCUT2D eigenvalue weighted by molar-refractivity contribution is 4.59. The summed E-state index contributed by atoms with van der Waals surface area (Å²) in [5.74, 6) is 0. The molecule has 0 saturated heterocycles. The Morgan fingerprint density at radius 3 is 2.30 bits per heavy atom. The van der Waals surface area contributed by atoms with E-state index in [9.17, 15) is 5.11 Å². The van der Waals surface area contributed by atoms with E-state index in [4.69, 9.17) is 18.9 Å². The molecule has 0 rings (SSSR count). The van der Waals surface area contributed by atoms with Crippen molar-refractivity contribution in [3.8, 4) is 0 Å². The summed E-state index contributed by atoms with van der Waals surface area (Å²) in [4.78, 5) is 0. The minimum atomic E-state index is -0.368. The first kappa shape index (κ1) is 22.4. The zero-order valence-electron chi connectivity index (χ0n) is 15.0. The molecule has 0 aromatic rings. The van der Waals surface area contributed by atoms with Gasteiger partial charge in [-0.05, 0) is 25.7 Å². The Morgan fingerprint density at radius 1 is 0.913 bits per heavy atom. The Labute approximate surface area is 142 Å². The van der Waals surface area contributed by atoms with Crippen LogP contribution in [0.15, 0.2) is 12.8 Å². The molecule has 0 amide bonds. The quantitative estimate of drug-likeness (QED) is 0.308. The average molecular weight is 332 g/mol. The van der Waals surface area contributed by atoms with Crippen molar-refractivity contribution in [2.24, 2.45) is 0 Å². The maximum atomic E-state index is 9.71. The summed E-state index contributed by atoms with van der Waals surface area (Å²) < 4.78 is 21.9. The molecule has 0 aromatic heterocycles. The van der Waals surface area contributed by atoms with Crippen molar-refractivity contribution in [3.05, 3.63) is 12.8 Å². The predicted molar refractivity (Wildman–Crippen MR) is 92.6 cm³/mol. The summed E-state index contributed by atoms with van der Waals surface area (Å²) in [6, 6.07) is 0. The molecule has 2 unspecified atom stereocenters. The van der Waals surface area contributed by atoms with Gasteiger partial charge in [-0.1, -0.05) is 33.3 Å². The van der Waals surface area contributed by atoms with Gasteiger partial charge in [0, 0.05) is 6.61 Å². The van der Waals surface area contributed by atoms with E-state index >= 15 is 0 Å². The molecular formula is C18H36O5. The molecule has 5 nitrogen and oxygen atoms in total. The Morgan fingerprint density at radius 2 is 1.61 bits per heavy atom. The molecule has 23 heavy (non-hydrogen) atoms. The van der Waals surface area contributed by atoms with Crippen LogP contribution in [0.5, 0.6) is 0 Å². The summed E-state index contributed by atoms with van der Waals surface area (Å²) >= 11 is 0. The molecule has 0 aromatic carbocycles. The fourth-order valence-electron chi connectivity index (χ4n) is 2.11. The molecule has 0 aliphatic carbocycles. The zero-order chi connectivity index (χ0) is 17.2. The monoisotopic (exact) mass is 332 g/mol. The van der Waals surface area contributed by atoms with Crippen molar-refractivity contribution < 1.29 is 24.1 Å². The molecule has 0 bridgehead atoms. The Balaban J connectivity index is 3.51. The lowest BCUT2D eigenvalue weighted by atomic mass is 10.2. The van der Waals surface area contributed by atoms with Crippen molar-refractivity contribution in [1.82, 2.24) is 0 Å². The lowest BCUT2D eigenvalue weighted by molar-refractivity contribution is -0.0606. The van der Waals surface area contributed by atoms with Crippen molar-refractivity contribution in [3.63, 3.8) is 0 Å². The minimum absolute atomic E-state index is 0.0579. The highest BCUT2D eigenvalue weighted by Gasteiger charge is 2.11. The molecule has 0 fully saturated rings. The van der Waals surface area contributed by atoms with Gasteiger partial charge in [0.15, 0.2) is 0 Å². The first-order chi connectivity index (χ1) is 11.2. The van der Waals surface area contributed by atoms with Gasteiger partial charge in [-0.15, -0.1) is 0 Å². The van der Waals surface area contributed by atoms with Gasteiger partial charge in [-0.25, -0.2) is 0 Å². The average Bonchev–Trinajstić information content (AvgIpc) is 2.54. The minimum Gasteiger partial charge on any atom is -0.502 e. The van der Waals surface area contributed by atoms with Gasteiger partial charge in [-0.3, -0.25) is 0 Å². The third-order valence-corrected chi connectivity index (χ3v) is 3.35. The second-order valence-electron chi connectivity index (χ2n) is 5.62. The zero-order valence-corrected chi connectivity index (χ0v) is 15.0. The first-order valence-corrected chi connectivity index (χ1v) is 8.92. The van der Waals surface area contributed by atoms with Gasteiger partial charge in [0.25, 0.3) is 0 Å². The normalized spacial score (nSPS) is 13.7. The van der Waals surface area contributed by atoms with Crippen LogP contribution in [0.3, 0.4) is 0 Å². The summed E-state index contributed by atoms with van der Waals surface area (Å²) in [5.41, 5.74) is 0. The van der Waals surface area contributed by atoms with Crippen LogP contribution in [0, 0.1) is 0 Å². The van der Waals surface area contributed by atoms with Crippen molar-refractivity contribution in [2.45, 2.75) is 64.6 Å². The topological polar surface area (TPSA) is 57.2 Å². The molecule has 0 spiro atoms. The molecule has 138 valence electrons. The number of ether oxygens (including phenoxy) is 4.